The van der Waals surface area contributed by atoms with Crippen molar-refractivity contribution < 1.29 is 14.3 Å². The van der Waals surface area contributed by atoms with Crippen LogP contribution in [-0.4, -0.2) is 23.8 Å². The van der Waals surface area contributed by atoms with Gasteiger partial charge in [0.25, 0.3) is 5.91 Å². The van der Waals surface area contributed by atoms with Gasteiger partial charge in [0, 0.05) is 21.4 Å². The molecule has 0 aliphatic heterocycles. The van der Waals surface area contributed by atoms with Crippen LogP contribution >= 0.6 is 34.2 Å². The molecule has 9 heteroatoms. The molecule has 0 saturated heterocycles. The SMILES string of the molecule is COc1cc(/C=N\NC(=O)Cn2c3ccccc3c(=O)c3ccccc32)cc(I)c1OCc1ccccc1Cl. The average Bonchev–Trinajstić information content (AvgIpc) is 2.95. The predicted molar refractivity (Wildman–Crippen MR) is 163 cm³/mol. The van der Waals surface area contributed by atoms with Gasteiger partial charge in [0.05, 0.1) is 27.9 Å². The molecule has 1 N–H and O–H groups in total. The summed E-state index contributed by atoms with van der Waals surface area (Å²) in [5, 5.41) is 5.91. The van der Waals surface area contributed by atoms with Gasteiger partial charge in [-0.1, -0.05) is 54.1 Å². The van der Waals surface area contributed by atoms with Crippen LogP contribution in [-0.2, 0) is 17.9 Å². The lowest BCUT2D eigenvalue weighted by atomic mass is 10.1. The lowest BCUT2D eigenvalue weighted by Crippen LogP contribution is -2.25. The lowest BCUT2D eigenvalue weighted by molar-refractivity contribution is -0.121. The van der Waals surface area contributed by atoms with E-state index in [2.05, 4.69) is 33.1 Å². The Bertz CT molecular complexity index is 1720. The molecule has 0 aliphatic carbocycles. The van der Waals surface area contributed by atoms with Gasteiger partial charge in [-0.3, -0.25) is 9.59 Å². The molecule has 1 aromatic heterocycles. The molecular formula is C30H23ClIN3O4. The topological polar surface area (TPSA) is 81.9 Å². The second-order valence-corrected chi connectivity index (χ2v) is 10.2. The number of nitrogens with one attached hydrogen (secondary N) is 1. The fraction of sp³-hybridized carbons (Fsp3) is 0.100. The second-order valence-electron chi connectivity index (χ2n) is 8.66. The first-order chi connectivity index (χ1) is 19.0. The van der Waals surface area contributed by atoms with Crippen LogP contribution in [0, 0.1) is 3.57 Å². The van der Waals surface area contributed by atoms with Crippen LogP contribution < -0.4 is 20.3 Å². The summed E-state index contributed by atoms with van der Waals surface area (Å²) in [5.74, 6) is 0.802. The summed E-state index contributed by atoms with van der Waals surface area (Å²) in [6.07, 6.45) is 1.54. The number of methoxy groups -OCH3 is 1. The van der Waals surface area contributed by atoms with Gasteiger partial charge in [0.2, 0.25) is 0 Å². The molecule has 1 heterocycles. The molecule has 5 rings (SSSR count). The fourth-order valence-electron chi connectivity index (χ4n) is 4.32. The zero-order chi connectivity index (χ0) is 27.4. The summed E-state index contributed by atoms with van der Waals surface area (Å²) >= 11 is 8.42. The van der Waals surface area contributed by atoms with Crippen LogP contribution in [0.3, 0.4) is 0 Å². The summed E-state index contributed by atoms with van der Waals surface area (Å²) < 4.78 is 14.2. The number of para-hydroxylation sites is 2. The first kappa shape index (κ1) is 26.7. The maximum Gasteiger partial charge on any atom is 0.260 e. The van der Waals surface area contributed by atoms with Gasteiger partial charge in [-0.2, -0.15) is 5.10 Å². The maximum atomic E-state index is 12.9. The molecule has 0 atom stereocenters. The number of hydrogen-bond donors (Lipinski definition) is 1. The monoisotopic (exact) mass is 651 g/mol. The number of carbonyl (C=O) groups excluding carboxylic acids is 1. The third-order valence-electron chi connectivity index (χ3n) is 6.17. The number of rotatable bonds is 8. The Labute approximate surface area is 243 Å². The van der Waals surface area contributed by atoms with Gasteiger partial charge in [0.1, 0.15) is 13.2 Å². The molecule has 0 aliphatic rings. The number of nitrogens with zero attached hydrogens (tertiary/aromatic N) is 2. The van der Waals surface area contributed by atoms with Crippen molar-refractivity contribution in [1.29, 1.82) is 0 Å². The van der Waals surface area contributed by atoms with E-state index in [0.717, 1.165) is 14.7 Å². The number of fused-ring (bicyclic) bond motifs is 2. The highest BCUT2D eigenvalue weighted by molar-refractivity contribution is 14.1. The van der Waals surface area contributed by atoms with Crippen LogP contribution in [0.4, 0.5) is 0 Å². The summed E-state index contributed by atoms with van der Waals surface area (Å²) in [4.78, 5) is 25.8. The molecule has 0 radical (unpaired) electrons. The van der Waals surface area contributed by atoms with E-state index in [1.165, 1.54) is 0 Å². The number of halogens is 2. The molecule has 5 aromatic rings. The van der Waals surface area contributed by atoms with E-state index >= 15 is 0 Å². The highest BCUT2D eigenvalue weighted by Gasteiger charge is 2.14. The van der Waals surface area contributed by atoms with Crippen LogP contribution in [0.15, 0.2) is 94.8 Å². The van der Waals surface area contributed by atoms with Crippen LogP contribution in [0.1, 0.15) is 11.1 Å². The summed E-state index contributed by atoms with van der Waals surface area (Å²) in [5.41, 5.74) is 5.50. The van der Waals surface area contributed by atoms with E-state index in [-0.39, 0.29) is 17.9 Å². The highest BCUT2D eigenvalue weighted by Crippen LogP contribution is 2.34. The molecule has 0 fully saturated rings. The summed E-state index contributed by atoms with van der Waals surface area (Å²) in [6, 6.07) is 25.7. The van der Waals surface area contributed by atoms with Crippen molar-refractivity contribution in [3.63, 3.8) is 0 Å². The lowest BCUT2D eigenvalue weighted by Gasteiger charge is -2.14. The Balaban J connectivity index is 1.33. The Hall–Kier alpha value is -3.89. The molecule has 0 spiro atoms. The van der Waals surface area contributed by atoms with Gasteiger partial charge in [-0.15, -0.1) is 0 Å². The van der Waals surface area contributed by atoms with Crippen molar-refractivity contribution in [2.75, 3.05) is 7.11 Å². The second kappa shape index (κ2) is 11.9. The van der Waals surface area contributed by atoms with E-state index in [1.54, 1.807) is 31.5 Å². The number of carbonyl (C=O) groups is 1. The number of benzene rings is 4. The molecule has 39 heavy (non-hydrogen) atoms. The summed E-state index contributed by atoms with van der Waals surface area (Å²) in [6.45, 7) is 0.290. The highest BCUT2D eigenvalue weighted by atomic mass is 127. The maximum absolute atomic E-state index is 12.9. The third-order valence-corrected chi connectivity index (χ3v) is 7.34. The fourth-order valence-corrected chi connectivity index (χ4v) is 5.30. The van der Waals surface area contributed by atoms with Gasteiger partial charge in [-0.05, 0) is 70.6 Å². The van der Waals surface area contributed by atoms with Crippen molar-refractivity contribution in [1.82, 2.24) is 9.99 Å². The Morgan fingerprint density at radius 1 is 1.00 bits per heavy atom. The molecule has 1 amide bonds. The van der Waals surface area contributed by atoms with E-state index < -0.39 is 0 Å². The minimum absolute atomic E-state index is 0.00563. The van der Waals surface area contributed by atoms with E-state index in [1.807, 2.05) is 71.3 Å². The van der Waals surface area contributed by atoms with Crippen LogP contribution in [0.2, 0.25) is 5.02 Å². The smallest absolute Gasteiger partial charge is 0.260 e. The van der Waals surface area contributed by atoms with Gasteiger partial charge in [-0.25, -0.2) is 5.43 Å². The first-order valence-electron chi connectivity index (χ1n) is 12.0. The first-order valence-corrected chi connectivity index (χ1v) is 13.5. The number of hydrogen-bond acceptors (Lipinski definition) is 5. The van der Waals surface area contributed by atoms with Crippen molar-refractivity contribution in [3.05, 3.63) is 115 Å². The predicted octanol–water partition coefficient (Wildman–Crippen LogP) is 6.15. The Kier molecular flexibility index (Phi) is 8.13. The van der Waals surface area contributed by atoms with E-state index in [4.69, 9.17) is 21.1 Å². The molecule has 0 bridgehead atoms. The number of aromatic nitrogens is 1. The third kappa shape index (κ3) is 5.76. The van der Waals surface area contributed by atoms with Crippen molar-refractivity contribution in [3.8, 4) is 11.5 Å². The molecule has 196 valence electrons. The summed E-state index contributed by atoms with van der Waals surface area (Å²) in [7, 11) is 1.56. The van der Waals surface area contributed by atoms with Gasteiger partial charge in [0.15, 0.2) is 16.9 Å². The molecule has 4 aromatic carbocycles. The van der Waals surface area contributed by atoms with Crippen molar-refractivity contribution in [2.45, 2.75) is 13.2 Å². The normalized spacial score (nSPS) is 11.3. The molecule has 0 unspecified atom stereocenters. The van der Waals surface area contributed by atoms with E-state index in [0.29, 0.717) is 44.9 Å². The number of pyridine rings is 1. The minimum atomic E-state index is -0.327. The number of amides is 1. The Morgan fingerprint density at radius 3 is 2.31 bits per heavy atom. The van der Waals surface area contributed by atoms with Crippen LogP contribution in [0.25, 0.3) is 21.8 Å². The molecule has 7 nitrogen and oxygen atoms in total. The van der Waals surface area contributed by atoms with Gasteiger partial charge >= 0.3 is 0 Å². The van der Waals surface area contributed by atoms with Crippen molar-refractivity contribution >= 4 is 68.1 Å². The Morgan fingerprint density at radius 2 is 1.64 bits per heavy atom. The number of ether oxygens (including phenoxy) is 2. The molecular weight excluding hydrogens is 629 g/mol. The quantitative estimate of drug-likeness (QED) is 0.0945. The average molecular weight is 652 g/mol. The van der Waals surface area contributed by atoms with Crippen LogP contribution in [0.5, 0.6) is 11.5 Å². The number of hydrazone groups is 1. The van der Waals surface area contributed by atoms with Crippen molar-refractivity contribution in [2.24, 2.45) is 5.10 Å². The zero-order valence-corrected chi connectivity index (χ0v) is 23.8. The zero-order valence-electron chi connectivity index (χ0n) is 20.9. The van der Waals surface area contributed by atoms with E-state index in [9.17, 15) is 9.59 Å². The largest absolute Gasteiger partial charge is 0.493 e. The van der Waals surface area contributed by atoms with Gasteiger partial charge < -0.3 is 14.0 Å². The molecule has 0 saturated carbocycles. The minimum Gasteiger partial charge on any atom is -0.493 e. The standard InChI is InChI=1S/C30H23ClIN3O4/c1-38-27-15-19(14-24(32)30(27)39-18-20-8-2-5-11-23(20)31)16-33-34-28(36)17-35-25-12-6-3-9-21(25)29(37)22-10-4-7-13-26(22)35/h2-16H,17-18H2,1H3,(H,34,36)/b33-16-.